The summed E-state index contributed by atoms with van der Waals surface area (Å²) < 4.78 is 0. The van der Waals surface area contributed by atoms with Gasteiger partial charge in [-0.15, -0.1) is 0 Å². The molecule has 224 valence electrons. The number of ketones is 1. The molecule has 0 heterocycles. The first-order valence-corrected chi connectivity index (χ1v) is 13.7. The van der Waals surface area contributed by atoms with Gasteiger partial charge in [0, 0.05) is 0 Å². The second kappa shape index (κ2) is 16.8. The van der Waals surface area contributed by atoms with Gasteiger partial charge in [0.05, 0.1) is 12.1 Å². The zero-order valence-corrected chi connectivity index (χ0v) is 24.8. The van der Waals surface area contributed by atoms with Gasteiger partial charge in [0.1, 0.15) is 18.1 Å². The number of carbonyl (C=O) groups excluding carboxylic acids is 5. The lowest BCUT2D eigenvalue weighted by Gasteiger charge is -2.27. The summed E-state index contributed by atoms with van der Waals surface area (Å²) in [4.78, 5) is 76.0. The van der Waals surface area contributed by atoms with Crippen LogP contribution in [0.5, 0.6) is 0 Å². The SMILES string of the molecule is CCCC(NC(=O)[C@@H](NC(=O)[C@@H](N)C(C)C)C(C)C)C(=O)C(=O)N[C@H](CC(C)C)C(=O)N[C@H](C(=O)O)C(C)C. The van der Waals surface area contributed by atoms with Crippen molar-refractivity contribution in [2.75, 3.05) is 0 Å². The highest BCUT2D eigenvalue weighted by molar-refractivity contribution is 6.38. The molecule has 0 spiro atoms. The minimum absolute atomic E-state index is 0.0581. The van der Waals surface area contributed by atoms with Crippen LogP contribution in [-0.4, -0.2) is 70.7 Å². The van der Waals surface area contributed by atoms with Crippen molar-refractivity contribution in [3.63, 3.8) is 0 Å². The summed E-state index contributed by atoms with van der Waals surface area (Å²) in [5.41, 5.74) is 5.90. The van der Waals surface area contributed by atoms with E-state index in [1.807, 2.05) is 13.8 Å². The van der Waals surface area contributed by atoms with Crippen LogP contribution >= 0.6 is 0 Å². The normalized spacial score (nSPS) is 15.3. The van der Waals surface area contributed by atoms with Crippen LogP contribution < -0.4 is 27.0 Å². The molecule has 0 saturated carbocycles. The molecule has 12 nitrogen and oxygen atoms in total. The molecule has 0 saturated heterocycles. The van der Waals surface area contributed by atoms with E-state index in [9.17, 15) is 33.9 Å². The third-order valence-corrected chi connectivity index (χ3v) is 6.26. The number of rotatable bonds is 17. The fourth-order valence-corrected chi connectivity index (χ4v) is 3.76. The van der Waals surface area contributed by atoms with Gasteiger partial charge >= 0.3 is 5.97 Å². The number of Topliss-reactive ketones (excluding diaryl/α,β-unsaturated/α-hetero) is 1. The molecule has 0 fully saturated rings. The van der Waals surface area contributed by atoms with Gasteiger partial charge in [-0.3, -0.25) is 24.0 Å². The van der Waals surface area contributed by atoms with Gasteiger partial charge in [0.2, 0.25) is 23.5 Å². The zero-order chi connectivity index (χ0) is 30.6. The quantitative estimate of drug-likeness (QED) is 0.141. The van der Waals surface area contributed by atoms with E-state index >= 15 is 0 Å². The summed E-state index contributed by atoms with van der Waals surface area (Å²) in [7, 11) is 0. The zero-order valence-electron chi connectivity index (χ0n) is 24.8. The smallest absolute Gasteiger partial charge is 0.326 e. The van der Waals surface area contributed by atoms with Crippen molar-refractivity contribution < 1.29 is 33.9 Å². The maximum absolute atomic E-state index is 13.1. The molecular weight excluding hydrogens is 506 g/mol. The van der Waals surface area contributed by atoms with Crippen LogP contribution in [0.1, 0.15) is 81.6 Å². The predicted octanol–water partition coefficient (Wildman–Crippen LogP) is 0.721. The Kier molecular flexibility index (Phi) is 15.5. The van der Waals surface area contributed by atoms with Crippen molar-refractivity contribution in [1.82, 2.24) is 21.3 Å². The Bertz CT molecular complexity index is 873. The van der Waals surface area contributed by atoms with Crippen LogP contribution in [0.2, 0.25) is 0 Å². The van der Waals surface area contributed by atoms with E-state index in [1.54, 1.807) is 48.5 Å². The van der Waals surface area contributed by atoms with E-state index in [0.29, 0.717) is 6.42 Å². The monoisotopic (exact) mass is 555 g/mol. The molecule has 0 aromatic heterocycles. The molecule has 39 heavy (non-hydrogen) atoms. The first-order chi connectivity index (χ1) is 17.9. The first kappa shape index (κ1) is 36.0. The van der Waals surface area contributed by atoms with Gasteiger partial charge in [0.25, 0.3) is 5.91 Å². The lowest BCUT2D eigenvalue weighted by Crippen LogP contribution is -2.59. The third kappa shape index (κ3) is 12.1. The summed E-state index contributed by atoms with van der Waals surface area (Å²) in [5.74, 6) is -6.03. The molecule has 0 aromatic carbocycles. The molecule has 0 aliphatic heterocycles. The highest BCUT2D eigenvalue weighted by Crippen LogP contribution is 2.10. The number of carboxylic acids is 1. The number of nitrogens with one attached hydrogen (secondary N) is 4. The molecule has 0 aliphatic carbocycles. The number of hydrogen-bond acceptors (Lipinski definition) is 7. The highest BCUT2D eigenvalue weighted by atomic mass is 16.4. The Morgan fingerprint density at radius 2 is 1.18 bits per heavy atom. The molecule has 1 unspecified atom stereocenters. The molecule has 12 heteroatoms. The van der Waals surface area contributed by atoms with Crippen LogP contribution in [0.3, 0.4) is 0 Å². The Balaban J connectivity index is 5.71. The summed E-state index contributed by atoms with van der Waals surface area (Å²) >= 11 is 0. The van der Waals surface area contributed by atoms with E-state index < -0.39 is 71.5 Å². The molecule has 4 amide bonds. The predicted molar refractivity (Wildman–Crippen MR) is 147 cm³/mol. The van der Waals surface area contributed by atoms with Crippen molar-refractivity contribution in [2.45, 2.75) is 112 Å². The minimum Gasteiger partial charge on any atom is -0.480 e. The standard InChI is InChI=1S/C27H49N5O7/c1-10-11-17(29-25(36)20(15(6)7)31-24(35)19(28)14(4)5)22(33)26(37)30-18(12-13(2)3)23(34)32-21(16(8)9)27(38)39/h13-21H,10-12,28H2,1-9H3,(H,29,36)(H,30,37)(H,31,35)(H,32,34)(H,38,39)/t17?,18-,19+,20+,21+/m1/s1. The van der Waals surface area contributed by atoms with Gasteiger partial charge in [0.15, 0.2) is 0 Å². The maximum Gasteiger partial charge on any atom is 0.326 e. The molecular formula is C27H49N5O7. The van der Waals surface area contributed by atoms with Gasteiger partial charge in [-0.25, -0.2) is 4.79 Å². The Labute approximate surface area is 232 Å². The van der Waals surface area contributed by atoms with Crippen molar-refractivity contribution in [1.29, 1.82) is 0 Å². The molecule has 5 atom stereocenters. The van der Waals surface area contributed by atoms with Crippen molar-refractivity contribution in [3.8, 4) is 0 Å². The maximum atomic E-state index is 13.1. The van der Waals surface area contributed by atoms with Crippen LogP contribution in [0.4, 0.5) is 0 Å². The van der Waals surface area contributed by atoms with E-state index in [1.165, 1.54) is 0 Å². The van der Waals surface area contributed by atoms with Crippen LogP contribution in [-0.2, 0) is 28.8 Å². The molecule has 0 rings (SSSR count). The topological polar surface area (TPSA) is 197 Å². The lowest BCUT2D eigenvalue weighted by molar-refractivity contribution is -0.144. The van der Waals surface area contributed by atoms with Gasteiger partial charge in [-0.05, 0) is 36.5 Å². The van der Waals surface area contributed by atoms with Gasteiger partial charge in [-0.2, -0.15) is 0 Å². The average molecular weight is 556 g/mol. The molecule has 0 bridgehead atoms. The molecule has 0 aliphatic rings. The average Bonchev–Trinajstić information content (AvgIpc) is 2.82. The largest absolute Gasteiger partial charge is 0.480 e. The van der Waals surface area contributed by atoms with Crippen LogP contribution in [0.25, 0.3) is 0 Å². The number of aliphatic carboxylic acids is 1. The summed E-state index contributed by atoms with van der Waals surface area (Å²) in [6.45, 7) is 15.7. The number of nitrogens with two attached hydrogens (primary N) is 1. The van der Waals surface area contributed by atoms with Crippen molar-refractivity contribution in [3.05, 3.63) is 0 Å². The Hall–Kier alpha value is -3.02. The van der Waals surface area contributed by atoms with Crippen LogP contribution in [0, 0.1) is 23.7 Å². The van der Waals surface area contributed by atoms with E-state index in [-0.39, 0.29) is 30.6 Å². The van der Waals surface area contributed by atoms with Crippen molar-refractivity contribution >= 4 is 35.4 Å². The Morgan fingerprint density at radius 1 is 0.667 bits per heavy atom. The number of amides is 4. The van der Waals surface area contributed by atoms with Crippen molar-refractivity contribution in [2.24, 2.45) is 29.4 Å². The molecule has 7 N–H and O–H groups in total. The minimum atomic E-state index is -1.21. The lowest BCUT2D eigenvalue weighted by atomic mass is 9.98. The summed E-state index contributed by atoms with van der Waals surface area (Å²) in [5, 5.41) is 19.5. The van der Waals surface area contributed by atoms with Gasteiger partial charge in [-0.1, -0.05) is 68.7 Å². The third-order valence-electron chi connectivity index (χ3n) is 6.26. The number of carbonyl (C=O) groups is 6. The van der Waals surface area contributed by atoms with Gasteiger partial charge < -0.3 is 32.1 Å². The fraction of sp³-hybridized carbons (Fsp3) is 0.778. The van der Waals surface area contributed by atoms with E-state index in [2.05, 4.69) is 21.3 Å². The summed E-state index contributed by atoms with van der Waals surface area (Å²) in [6, 6.07) is -5.32. The second-order valence-electron chi connectivity index (χ2n) is 11.4. The number of carboxylic acid groups (broad SMARTS) is 1. The first-order valence-electron chi connectivity index (χ1n) is 13.7. The molecule has 0 aromatic rings. The molecule has 0 radical (unpaired) electrons. The fourth-order valence-electron chi connectivity index (χ4n) is 3.76. The number of hydrogen-bond donors (Lipinski definition) is 6. The highest BCUT2D eigenvalue weighted by Gasteiger charge is 2.35. The van der Waals surface area contributed by atoms with E-state index in [0.717, 1.165) is 0 Å². The summed E-state index contributed by atoms with van der Waals surface area (Å²) in [6.07, 6.45) is 0.779. The second-order valence-corrected chi connectivity index (χ2v) is 11.4. The Morgan fingerprint density at radius 3 is 1.59 bits per heavy atom. The van der Waals surface area contributed by atoms with Crippen LogP contribution in [0.15, 0.2) is 0 Å². The van der Waals surface area contributed by atoms with E-state index in [4.69, 9.17) is 5.73 Å².